The van der Waals surface area contributed by atoms with Gasteiger partial charge in [-0.3, -0.25) is 9.78 Å². The van der Waals surface area contributed by atoms with Gasteiger partial charge in [-0.2, -0.15) is 0 Å². The Bertz CT molecular complexity index is 1200. The zero-order valence-corrected chi connectivity index (χ0v) is 19.4. The normalized spacial score (nSPS) is 12.8. The first-order chi connectivity index (χ1) is 16.9. The number of amides is 2. The number of aromatic carboxylic acids is 1. The smallest absolute Gasteiger partial charge is 0.407 e. The molecule has 1 aliphatic rings. The van der Waals surface area contributed by atoms with E-state index in [9.17, 15) is 14.4 Å². The van der Waals surface area contributed by atoms with E-state index in [1.807, 2.05) is 24.3 Å². The SMILES string of the molecule is CC(CCNC(=O)OCC1c2ccccc2-c2ccccc21)C(=O)NCc1cc(C(=O)O)ccn1. The highest BCUT2D eigenvalue weighted by molar-refractivity contribution is 5.87. The molecule has 0 fully saturated rings. The lowest BCUT2D eigenvalue weighted by Crippen LogP contribution is -2.33. The van der Waals surface area contributed by atoms with Gasteiger partial charge >= 0.3 is 12.1 Å². The number of aromatic nitrogens is 1. The Kier molecular flexibility index (Phi) is 7.40. The maximum atomic E-state index is 12.3. The Balaban J connectivity index is 1.21. The molecule has 4 rings (SSSR count). The average Bonchev–Trinajstić information content (AvgIpc) is 3.19. The zero-order valence-electron chi connectivity index (χ0n) is 19.4. The molecule has 8 nitrogen and oxygen atoms in total. The molecule has 1 aromatic heterocycles. The van der Waals surface area contributed by atoms with E-state index in [-0.39, 0.29) is 43.0 Å². The molecule has 0 radical (unpaired) electrons. The lowest BCUT2D eigenvalue weighted by atomic mass is 9.98. The first kappa shape index (κ1) is 23.9. The fourth-order valence-corrected chi connectivity index (χ4v) is 4.23. The molecule has 35 heavy (non-hydrogen) atoms. The van der Waals surface area contributed by atoms with Crippen LogP contribution in [-0.4, -0.2) is 41.2 Å². The van der Waals surface area contributed by atoms with Gasteiger partial charge in [0.1, 0.15) is 6.61 Å². The van der Waals surface area contributed by atoms with Crippen molar-refractivity contribution in [3.8, 4) is 11.1 Å². The number of carboxylic acids is 1. The van der Waals surface area contributed by atoms with Crippen molar-refractivity contribution in [3.05, 3.63) is 89.2 Å². The second-order valence-electron chi connectivity index (χ2n) is 8.50. The summed E-state index contributed by atoms with van der Waals surface area (Å²) in [6.07, 6.45) is 1.31. The van der Waals surface area contributed by atoms with E-state index < -0.39 is 12.1 Å². The monoisotopic (exact) mass is 473 g/mol. The molecule has 1 atom stereocenters. The highest BCUT2D eigenvalue weighted by atomic mass is 16.5. The largest absolute Gasteiger partial charge is 0.478 e. The molecule has 1 unspecified atom stereocenters. The van der Waals surface area contributed by atoms with Gasteiger partial charge < -0.3 is 20.5 Å². The third-order valence-corrected chi connectivity index (χ3v) is 6.15. The van der Waals surface area contributed by atoms with Crippen LogP contribution in [-0.2, 0) is 16.1 Å². The zero-order chi connectivity index (χ0) is 24.8. The van der Waals surface area contributed by atoms with Gasteiger partial charge in [0, 0.05) is 24.6 Å². The van der Waals surface area contributed by atoms with E-state index in [0.29, 0.717) is 12.1 Å². The van der Waals surface area contributed by atoms with Gasteiger partial charge in [-0.1, -0.05) is 55.5 Å². The van der Waals surface area contributed by atoms with Crippen LogP contribution in [0.3, 0.4) is 0 Å². The van der Waals surface area contributed by atoms with E-state index in [1.54, 1.807) is 6.92 Å². The standard InChI is InChI=1S/C27H27N3O5/c1-17(25(31)30-15-19-14-18(26(32)33)11-13-28-19)10-12-29-27(34)35-16-24-22-8-4-2-6-20(22)21-7-3-5-9-23(21)24/h2-9,11,13-14,17,24H,10,12,15-16H2,1H3,(H,29,34)(H,30,31)(H,32,33). The van der Waals surface area contributed by atoms with Crippen molar-refractivity contribution in [1.29, 1.82) is 0 Å². The summed E-state index contributed by atoms with van der Waals surface area (Å²) in [6.45, 7) is 2.41. The van der Waals surface area contributed by atoms with Crippen molar-refractivity contribution in [2.24, 2.45) is 5.92 Å². The molecule has 8 heteroatoms. The number of nitrogens with one attached hydrogen (secondary N) is 2. The molecule has 0 bridgehead atoms. The Morgan fingerprint density at radius 3 is 2.31 bits per heavy atom. The number of carbonyl (C=O) groups excluding carboxylic acids is 2. The molecule has 3 aromatic rings. The molecule has 0 aliphatic heterocycles. The number of ether oxygens (including phenoxy) is 1. The summed E-state index contributed by atoms with van der Waals surface area (Å²) in [7, 11) is 0. The van der Waals surface area contributed by atoms with E-state index in [4.69, 9.17) is 9.84 Å². The average molecular weight is 474 g/mol. The number of carbonyl (C=O) groups is 3. The van der Waals surface area contributed by atoms with Gasteiger partial charge in [-0.05, 0) is 40.8 Å². The number of alkyl carbamates (subject to hydrolysis) is 1. The van der Waals surface area contributed by atoms with Crippen molar-refractivity contribution < 1.29 is 24.2 Å². The first-order valence-electron chi connectivity index (χ1n) is 11.5. The summed E-state index contributed by atoms with van der Waals surface area (Å²) < 4.78 is 5.51. The van der Waals surface area contributed by atoms with Crippen LogP contribution in [0.2, 0.25) is 0 Å². The quantitative estimate of drug-likeness (QED) is 0.433. The van der Waals surface area contributed by atoms with E-state index >= 15 is 0 Å². The van der Waals surface area contributed by atoms with Crippen molar-refractivity contribution >= 4 is 18.0 Å². The van der Waals surface area contributed by atoms with Gasteiger partial charge in [0.15, 0.2) is 0 Å². The minimum atomic E-state index is -1.05. The Morgan fingerprint density at radius 2 is 1.66 bits per heavy atom. The number of rotatable bonds is 9. The van der Waals surface area contributed by atoms with E-state index in [2.05, 4.69) is 39.9 Å². The van der Waals surface area contributed by atoms with Gasteiger partial charge in [0.05, 0.1) is 17.8 Å². The molecular formula is C27H27N3O5. The van der Waals surface area contributed by atoms with Crippen LogP contribution in [0.5, 0.6) is 0 Å². The van der Waals surface area contributed by atoms with Gasteiger partial charge in [-0.15, -0.1) is 0 Å². The minimum absolute atomic E-state index is 0.00825. The summed E-state index contributed by atoms with van der Waals surface area (Å²) in [5, 5.41) is 14.5. The van der Waals surface area contributed by atoms with E-state index in [1.165, 1.54) is 29.5 Å². The fraction of sp³-hybridized carbons (Fsp3) is 0.259. The predicted octanol–water partition coefficient (Wildman–Crippen LogP) is 3.96. The second kappa shape index (κ2) is 10.8. The Morgan fingerprint density at radius 1 is 1.00 bits per heavy atom. The third-order valence-electron chi connectivity index (χ3n) is 6.15. The summed E-state index contributed by atoms with van der Waals surface area (Å²) in [5.41, 5.74) is 5.21. The molecule has 0 saturated carbocycles. The molecule has 1 heterocycles. The summed E-state index contributed by atoms with van der Waals surface area (Å²) >= 11 is 0. The van der Waals surface area contributed by atoms with Crippen LogP contribution in [0.4, 0.5) is 4.79 Å². The van der Waals surface area contributed by atoms with Crippen LogP contribution in [0.15, 0.2) is 66.9 Å². The van der Waals surface area contributed by atoms with Crippen molar-refractivity contribution in [3.63, 3.8) is 0 Å². The van der Waals surface area contributed by atoms with Crippen LogP contribution < -0.4 is 10.6 Å². The number of pyridine rings is 1. The molecule has 2 amide bonds. The summed E-state index contributed by atoms with van der Waals surface area (Å²) in [4.78, 5) is 39.7. The molecular weight excluding hydrogens is 446 g/mol. The van der Waals surface area contributed by atoms with Gasteiger partial charge in [-0.25, -0.2) is 9.59 Å². The topological polar surface area (TPSA) is 118 Å². The van der Waals surface area contributed by atoms with E-state index in [0.717, 1.165) is 11.1 Å². The van der Waals surface area contributed by atoms with Crippen LogP contribution >= 0.6 is 0 Å². The molecule has 0 spiro atoms. The van der Waals surface area contributed by atoms with Crippen molar-refractivity contribution in [1.82, 2.24) is 15.6 Å². The molecule has 1 aliphatic carbocycles. The maximum Gasteiger partial charge on any atom is 0.407 e. The highest BCUT2D eigenvalue weighted by Crippen LogP contribution is 2.44. The molecule has 2 aromatic carbocycles. The number of hydrogen-bond donors (Lipinski definition) is 3. The third kappa shape index (κ3) is 5.66. The Labute approximate surface area is 203 Å². The highest BCUT2D eigenvalue weighted by Gasteiger charge is 2.29. The number of nitrogens with zero attached hydrogens (tertiary/aromatic N) is 1. The molecule has 3 N–H and O–H groups in total. The Hall–Kier alpha value is -4.20. The fourth-order valence-electron chi connectivity index (χ4n) is 4.23. The van der Waals surface area contributed by atoms with Crippen LogP contribution in [0, 0.1) is 5.92 Å². The first-order valence-corrected chi connectivity index (χ1v) is 11.5. The predicted molar refractivity (Wildman–Crippen MR) is 130 cm³/mol. The molecule has 180 valence electrons. The lowest BCUT2D eigenvalue weighted by Gasteiger charge is -2.15. The number of hydrogen-bond acceptors (Lipinski definition) is 5. The second-order valence-corrected chi connectivity index (χ2v) is 8.50. The van der Waals surface area contributed by atoms with Crippen molar-refractivity contribution in [2.45, 2.75) is 25.8 Å². The summed E-state index contributed by atoms with van der Waals surface area (Å²) in [5.74, 6) is -1.62. The molecule has 0 saturated heterocycles. The van der Waals surface area contributed by atoms with Crippen LogP contribution in [0.25, 0.3) is 11.1 Å². The minimum Gasteiger partial charge on any atom is -0.478 e. The number of carboxylic acid groups (broad SMARTS) is 1. The maximum absolute atomic E-state index is 12.3. The lowest BCUT2D eigenvalue weighted by molar-refractivity contribution is -0.124. The van der Waals surface area contributed by atoms with Crippen LogP contribution in [0.1, 0.15) is 46.4 Å². The van der Waals surface area contributed by atoms with Crippen molar-refractivity contribution in [2.75, 3.05) is 13.2 Å². The number of fused-ring (bicyclic) bond motifs is 3. The number of benzene rings is 2. The van der Waals surface area contributed by atoms with Gasteiger partial charge in [0.2, 0.25) is 5.91 Å². The summed E-state index contributed by atoms with van der Waals surface area (Å²) in [6, 6.07) is 19.1. The van der Waals surface area contributed by atoms with Gasteiger partial charge in [0.25, 0.3) is 0 Å².